The van der Waals surface area contributed by atoms with E-state index in [9.17, 15) is 4.79 Å². The van der Waals surface area contributed by atoms with Crippen LogP contribution in [0.25, 0.3) is 5.82 Å². The minimum atomic E-state index is -0.0432. The van der Waals surface area contributed by atoms with Gasteiger partial charge in [0, 0.05) is 12.7 Å². The number of hydrogen-bond acceptors (Lipinski definition) is 3. The SMILES string of the molecule is Cc1c(C(=O)NCCCC2CCCCC2)cnn1-c1ccccn1. The van der Waals surface area contributed by atoms with Gasteiger partial charge in [-0.05, 0) is 37.8 Å². The van der Waals surface area contributed by atoms with E-state index in [1.165, 1.54) is 38.5 Å². The zero-order chi connectivity index (χ0) is 16.8. The molecule has 1 aliphatic rings. The van der Waals surface area contributed by atoms with Crippen molar-refractivity contribution in [2.75, 3.05) is 6.54 Å². The summed E-state index contributed by atoms with van der Waals surface area (Å²) in [5, 5.41) is 7.33. The van der Waals surface area contributed by atoms with Crippen molar-refractivity contribution < 1.29 is 4.79 Å². The van der Waals surface area contributed by atoms with E-state index in [0.29, 0.717) is 5.56 Å². The van der Waals surface area contributed by atoms with Crippen LogP contribution in [0.1, 0.15) is 61.0 Å². The van der Waals surface area contributed by atoms with Crippen molar-refractivity contribution in [2.24, 2.45) is 5.92 Å². The van der Waals surface area contributed by atoms with Crippen LogP contribution < -0.4 is 5.32 Å². The van der Waals surface area contributed by atoms with Gasteiger partial charge in [0.2, 0.25) is 0 Å². The number of amides is 1. The number of carbonyl (C=O) groups excluding carboxylic acids is 1. The molecular formula is C19H26N4O. The molecule has 3 rings (SSSR count). The molecule has 1 fully saturated rings. The number of pyridine rings is 1. The topological polar surface area (TPSA) is 59.8 Å². The summed E-state index contributed by atoms with van der Waals surface area (Å²) < 4.78 is 1.71. The van der Waals surface area contributed by atoms with Crippen molar-refractivity contribution in [3.8, 4) is 5.82 Å². The number of aromatic nitrogens is 3. The average molecular weight is 326 g/mol. The maximum Gasteiger partial charge on any atom is 0.254 e. The first kappa shape index (κ1) is 16.7. The Morgan fingerprint density at radius 2 is 2.12 bits per heavy atom. The van der Waals surface area contributed by atoms with Crippen LogP contribution in [0.15, 0.2) is 30.6 Å². The first-order valence-electron chi connectivity index (χ1n) is 9.00. The van der Waals surface area contributed by atoms with E-state index in [1.54, 1.807) is 17.1 Å². The Kier molecular flexibility index (Phi) is 5.62. The van der Waals surface area contributed by atoms with Gasteiger partial charge in [0.1, 0.15) is 0 Å². The van der Waals surface area contributed by atoms with Crippen molar-refractivity contribution in [3.63, 3.8) is 0 Å². The van der Waals surface area contributed by atoms with E-state index in [-0.39, 0.29) is 5.91 Å². The van der Waals surface area contributed by atoms with Gasteiger partial charge < -0.3 is 5.32 Å². The highest BCUT2D eigenvalue weighted by atomic mass is 16.1. The van der Waals surface area contributed by atoms with Crippen LogP contribution in [0.5, 0.6) is 0 Å². The lowest BCUT2D eigenvalue weighted by Gasteiger charge is -2.21. The van der Waals surface area contributed by atoms with Gasteiger partial charge in [-0.1, -0.05) is 38.2 Å². The van der Waals surface area contributed by atoms with Crippen molar-refractivity contribution in [3.05, 3.63) is 41.9 Å². The Morgan fingerprint density at radius 1 is 1.29 bits per heavy atom. The van der Waals surface area contributed by atoms with Gasteiger partial charge in [-0.3, -0.25) is 4.79 Å². The third-order valence-electron chi connectivity index (χ3n) is 4.92. The van der Waals surface area contributed by atoms with E-state index in [0.717, 1.165) is 30.4 Å². The lowest BCUT2D eigenvalue weighted by molar-refractivity contribution is 0.0951. The van der Waals surface area contributed by atoms with Crippen molar-refractivity contribution in [2.45, 2.75) is 51.9 Å². The van der Waals surface area contributed by atoms with Gasteiger partial charge in [0.05, 0.1) is 17.5 Å². The quantitative estimate of drug-likeness (QED) is 0.824. The summed E-state index contributed by atoms with van der Waals surface area (Å²) >= 11 is 0. The molecule has 0 unspecified atom stereocenters. The molecule has 0 bridgehead atoms. The summed E-state index contributed by atoms with van der Waals surface area (Å²) in [6.45, 7) is 2.64. The van der Waals surface area contributed by atoms with E-state index >= 15 is 0 Å². The molecule has 1 N–H and O–H groups in total. The van der Waals surface area contributed by atoms with Gasteiger partial charge in [-0.25, -0.2) is 9.67 Å². The Hall–Kier alpha value is -2.17. The predicted molar refractivity (Wildman–Crippen MR) is 94.2 cm³/mol. The highest BCUT2D eigenvalue weighted by molar-refractivity contribution is 5.95. The number of nitrogens with zero attached hydrogens (tertiary/aromatic N) is 3. The van der Waals surface area contributed by atoms with Crippen LogP contribution in [-0.4, -0.2) is 27.2 Å². The molecule has 0 spiro atoms. The normalized spacial score (nSPS) is 15.4. The van der Waals surface area contributed by atoms with Crippen LogP contribution >= 0.6 is 0 Å². The molecule has 5 nitrogen and oxygen atoms in total. The third-order valence-corrected chi connectivity index (χ3v) is 4.92. The Labute approximate surface area is 143 Å². The molecule has 0 aliphatic heterocycles. The van der Waals surface area contributed by atoms with Crippen molar-refractivity contribution in [1.82, 2.24) is 20.1 Å². The number of rotatable bonds is 6. The molecule has 2 aromatic heterocycles. The molecule has 2 aromatic rings. The summed E-state index contributed by atoms with van der Waals surface area (Å²) in [7, 11) is 0. The van der Waals surface area contributed by atoms with Crippen LogP contribution in [0.3, 0.4) is 0 Å². The Bertz CT molecular complexity index is 659. The van der Waals surface area contributed by atoms with Gasteiger partial charge in [-0.15, -0.1) is 0 Å². The molecular weight excluding hydrogens is 300 g/mol. The fourth-order valence-electron chi connectivity index (χ4n) is 3.51. The summed E-state index contributed by atoms with van der Waals surface area (Å²) in [6, 6.07) is 5.66. The van der Waals surface area contributed by atoms with Crippen LogP contribution in [-0.2, 0) is 0 Å². The van der Waals surface area contributed by atoms with Crippen molar-refractivity contribution >= 4 is 5.91 Å². The molecule has 0 saturated heterocycles. The molecule has 0 aromatic carbocycles. The van der Waals surface area contributed by atoms with Gasteiger partial charge in [0.15, 0.2) is 5.82 Å². The van der Waals surface area contributed by atoms with E-state index in [1.807, 2.05) is 25.1 Å². The molecule has 128 valence electrons. The maximum atomic E-state index is 12.4. The minimum Gasteiger partial charge on any atom is -0.352 e. The van der Waals surface area contributed by atoms with E-state index < -0.39 is 0 Å². The molecule has 0 radical (unpaired) electrons. The second-order valence-corrected chi connectivity index (χ2v) is 6.65. The molecule has 0 atom stereocenters. The highest BCUT2D eigenvalue weighted by Gasteiger charge is 2.16. The maximum absolute atomic E-state index is 12.4. The zero-order valence-corrected chi connectivity index (χ0v) is 14.4. The largest absolute Gasteiger partial charge is 0.352 e. The summed E-state index contributed by atoms with van der Waals surface area (Å²) in [5.41, 5.74) is 1.44. The van der Waals surface area contributed by atoms with Crippen LogP contribution in [0, 0.1) is 12.8 Å². The monoisotopic (exact) mass is 326 g/mol. The lowest BCUT2D eigenvalue weighted by Crippen LogP contribution is -2.25. The summed E-state index contributed by atoms with van der Waals surface area (Å²) in [6.07, 6.45) is 12.5. The minimum absolute atomic E-state index is 0.0432. The molecule has 1 amide bonds. The molecule has 2 heterocycles. The molecule has 5 heteroatoms. The third kappa shape index (κ3) is 4.02. The van der Waals surface area contributed by atoms with Crippen LogP contribution in [0.2, 0.25) is 0 Å². The number of nitrogens with one attached hydrogen (secondary N) is 1. The van der Waals surface area contributed by atoms with E-state index in [4.69, 9.17) is 0 Å². The molecule has 1 aliphatic carbocycles. The number of hydrogen-bond donors (Lipinski definition) is 1. The average Bonchev–Trinajstić information content (AvgIpc) is 3.02. The molecule has 1 saturated carbocycles. The lowest BCUT2D eigenvalue weighted by atomic mass is 9.86. The second kappa shape index (κ2) is 8.08. The standard InChI is InChI=1S/C19H26N4O/c1-15-17(14-22-23(15)18-11-5-6-12-20-18)19(24)21-13-7-10-16-8-3-2-4-9-16/h5-6,11-12,14,16H,2-4,7-10,13H2,1H3,(H,21,24). The second-order valence-electron chi connectivity index (χ2n) is 6.65. The highest BCUT2D eigenvalue weighted by Crippen LogP contribution is 2.27. The van der Waals surface area contributed by atoms with Gasteiger partial charge in [0.25, 0.3) is 5.91 Å². The number of carbonyl (C=O) groups is 1. The first-order chi connectivity index (χ1) is 11.8. The van der Waals surface area contributed by atoms with Crippen molar-refractivity contribution in [1.29, 1.82) is 0 Å². The zero-order valence-electron chi connectivity index (χ0n) is 14.4. The van der Waals surface area contributed by atoms with Crippen LogP contribution in [0.4, 0.5) is 0 Å². The smallest absolute Gasteiger partial charge is 0.254 e. The van der Waals surface area contributed by atoms with E-state index in [2.05, 4.69) is 15.4 Å². The summed E-state index contributed by atoms with van der Waals surface area (Å²) in [4.78, 5) is 16.7. The Balaban J connectivity index is 1.51. The predicted octanol–water partition coefficient (Wildman–Crippen LogP) is 3.67. The van der Waals surface area contributed by atoms with Gasteiger partial charge >= 0.3 is 0 Å². The first-order valence-corrected chi connectivity index (χ1v) is 9.00. The fraction of sp³-hybridized carbons (Fsp3) is 0.526. The van der Waals surface area contributed by atoms with Gasteiger partial charge in [-0.2, -0.15) is 5.10 Å². The Morgan fingerprint density at radius 3 is 2.88 bits per heavy atom. The fourth-order valence-corrected chi connectivity index (χ4v) is 3.51. The summed E-state index contributed by atoms with van der Waals surface area (Å²) in [5.74, 6) is 1.55. The molecule has 24 heavy (non-hydrogen) atoms.